The smallest absolute Gasteiger partial charge is 0.306 e. The Morgan fingerprint density at radius 1 is 0.633 bits per heavy atom. The van der Waals surface area contributed by atoms with E-state index >= 15 is 0 Å². The minimum Gasteiger partial charge on any atom is -0.462 e. The Labute approximate surface area is 367 Å². The van der Waals surface area contributed by atoms with Gasteiger partial charge < -0.3 is 50.4 Å². The molecule has 7 atom stereocenters. The summed E-state index contributed by atoms with van der Waals surface area (Å²) in [6.45, 7) is 3.81. The van der Waals surface area contributed by atoms with Crippen LogP contribution in [-0.4, -0.2) is 119 Å². The number of nitrogens with one attached hydrogen (secondary N) is 1. The Bertz CT molecular complexity index is 1040. The molecule has 0 spiro atoms. The van der Waals surface area contributed by atoms with Crippen LogP contribution in [0, 0.1) is 0 Å². The van der Waals surface area contributed by atoms with Gasteiger partial charge in [0.2, 0.25) is 5.91 Å². The number of carbonyl (C=O) groups excluding carboxylic acids is 3. The van der Waals surface area contributed by atoms with Crippen LogP contribution in [0.5, 0.6) is 0 Å². The van der Waals surface area contributed by atoms with Crippen LogP contribution in [0.3, 0.4) is 0 Å². The molecule has 0 bridgehead atoms. The van der Waals surface area contributed by atoms with E-state index in [4.69, 9.17) is 24.7 Å². The second kappa shape index (κ2) is 39.1. The zero-order chi connectivity index (χ0) is 44.1. The maximum Gasteiger partial charge on any atom is 0.306 e. The number of amides is 1. The van der Waals surface area contributed by atoms with Gasteiger partial charge in [0.05, 0.1) is 19.3 Å². The fourth-order valence-electron chi connectivity index (χ4n) is 7.28. The Balaban J connectivity index is 2.40. The maximum absolute atomic E-state index is 12.8. The third kappa shape index (κ3) is 29.7. The molecule has 14 heteroatoms. The number of nitrogens with two attached hydrogens (primary N) is 1. The molecule has 1 saturated heterocycles. The summed E-state index contributed by atoms with van der Waals surface area (Å²) < 4.78 is 22.1. The summed E-state index contributed by atoms with van der Waals surface area (Å²) in [6.07, 6.45) is 24.8. The highest BCUT2D eigenvalue weighted by atomic mass is 32.2. The summed E-state index contributed by atoms with van der Waals surface area (Å²) in [5, 5.41) is 41.9. The number of thioether (sulfide) groups is 1. The molecule has 0 aromatic heterocycles. The van der Waals surface area contributed by atoms with E-state index in [1.54, 1.807) is 0 Å². The van der Waals surface area contributed by atoms with Crippen molar-refractivity contribution in [3.8, 4) is 0 Å². The van der Waals surface area contributed by atoms with E-state index in [2.05, 4.69) is 19.2 Å². The molecule has 0 radical (unpaired) electrons. The SMILES string of the molecule is CCCCCCCCCCCCCCCC(=O)OC[C@@H](CSC[C@H](N)C(=O)NCCO[C@H]1O[C@H](CO)[C@H](O)[C@H](O)[C@H]1O)OC(=O)CCCCCCCCCCCCCCC. The van der Waals surface area contributed by atoms with Crippen LogP contribution in [0.1, 0.15) is 194 Å². The van der Waals surface area contributed by atoms with Crippen LogP contribution in [0.15, 0.2) is 0 Å². The lowest BCUT2D eigenvalue weighted by molar-refractivity contribution is -0.300. The molecule has 60 heavy (non-hydrogen) atoms. The summed E-state index contributed by atoms with van der Waals surface area (Å²) in [7, 11) is 0. The van der Waals surface area contributed by atoms with Crippen molar-refractivity contribution in [1.82, 2.24) is 5.32 Å². The Hall–Kier alpha value is -1.52. The number of rotatable bonds is 41. The van der Waals surface area contributed by atoms with Gasteiger partial charge in [0.15, 0.2) is 6.29 Å². The standard InChI is InChI=1S/C46H88N2O11S/c1-3-5-7-9-11-13-15-17-19-21-23-25-27-29-40(50)57-34-37(58-41(51)30-28-26-24-22-20-18-16-14-12-10-8-6-4-2)35-60-36-38(47)45(55)48-31-32-56-46-44(54)43(53)42(52)39(33-49)59-46/h37-39,42-44,46,49,52-54H,3-36,47H2,1-2H3,(H,48,55)/t37-,38-,39+,42-,43-,44+,46-/m0/s1. The van der Waals surface area contributed by atoms with Crippen molar-refractivity contribution in [1.29, 1.82) is 0 Å². The molecule has 354 valence electrons. The highest BCUT2D eigenvalue weighted by molar-refractivity contribution is 7.99. The van der Waals surface area contributed by atoms with Crippen LogP contribution in [0.2, 0.25) is 0 Å². The van der Waals surface area contributed by atoms with E-state index in [0.717, 1.165) is 38.5 Å². The number of hydrogen-bond donors (Lipinski definition) is 6. The fraction of sp³-hybridized carbons (Fsp3) is 0.935. The molecule has 7 N–H and O–H groups in total. The van der Waals surface area contributed by atoms with Crippen molar-refractivity contribution in [3.05, 3.63) is 0 Å². The molecule has 1 rings (SSSR count). The second-order valence-electron chi connectivity index (χ2n) is 16.8. The van der Waals surface area contributed by atoms with Gasteiger partial charge in [0.25, 0.3) is 0 Å². The third-order valence-corrected chi connectivity index (χ3v) is 12.4. The van der Waals surface area contributed by atoms with Crippen molar-refractivity contribution >= 4 is 29.6 Å². The number of carbonyl (C=O) groups is 3. The average Bonchev–Trinajstić information content (AvgIpc) is 3.24. The number of unbranched alkanes of at least 4 members (excludes halogenated alkanes) is 24. The molecule has 13 nitrogen and oxygen atoms in total. The minimum absolute atomic E-state index is 0.0286. The van der Waals surface area contributed by atoms with Crippen molar-refractivity contribution in [3.63, 3.8) is 0 Å². The van der Waals surface area contributed by atoms with Gasteiger partial charge in [0, 0.05) is 30.9 Å². The molecule has 0 unspecified atom stereocenters. The molecule has 0 aliphatic carbocycles. The van der Waals surface area contributed by atoms with Gasteiger partial charge >= 0.3 is 11.9 Å². The molecule has 1 heterocycles. The lowest BCUT2D eigenvalue weighted by Crippen LogP contribution is -2.59. The first kappa shape index (κ1) is 56.5. The summed E-state index contributed by atoms with van der Waals surface area (Å²) >= 11 is 1.33. The number of aliphatic hydroxyl groups is 4. The van der Waals surface area contributed by atoms with Gasteiger partial charge in [-0.3, -0.25) is 14.4 Å². The van der Waals surface area contributed by atoms with E-state index in [1.165, 1.54) is 140 Å². The zero-order valence-corrected chi connectivity index (χ0v) is 38.5. The van der Waals surface area contributed by atoms with Crippen molar-refractivity contribution in [2.24, 2.45) is 5.73 Å². The highest BCUT2D eigenvalue weighted by Gasteiger charge is 2.44. The molecule has 1 fully saturated rings. The first-order chi connectivity index (χ1) is 29.1. The highest BCUT2D eigenvalue weighted by Crippen LogP contribution is 2.22. The normalized spacial score (nSPS) is 20.1. The Morgan fingerprint density at radius 2 is 1.08 bits per heavy atom. The first-order valence-corrected chi connectivity index (χ1v) is 25.2. The molecular weight excluding hydrogens is 789 g/mol. The summed E-state index contributed by atoms with van der Waals surface area (Å²) in [5.74, 6) is -0.545. The number of ether oxygens (including phenoxy) is 4. The van der Waals surface area contributed by atoms with Crippen LogP contribution >= 0.6 is 11.8 Å². The number of aliphatic hydroxyl groups excluding tert-OH is 4. The number of hydrogen-bond acceptors (Lipinski definition) is 13. The Kier molecular flexibility index (Phi) is 36.8. The van der Waals surface area contributed by atoms with E-state index < -0.39 is 55.4 Å². The van der Waals surface area contributed by atoms with E-state index in [-0.39, 0.29) is 37.4 Å². The van der Waals surface area contributed by atoms with Crippen molar-refractivity contribution in [2.75, 3.05) is 37.9 Å². The predicted octanol–water partition coefficient (Wildman–Crippen LogP) is 7.40. The fourth-order valence-corrected chi connectivity index (χ4v) is 8.25. The largest absolute Gasteiger partial charge is 0.462 e. The molecule has 1 aliphatic rings. The van der Waals surface area contributed by atoms with Gasteiger partial charge in [-0.15, -0.1) is 0 Å². The quantitative estimate of drug-likeness (QED) is 0.0262. The van der Waals surface area contributed by atoms with Gasteiger partial charge in [-0.25, -0.2) is 0 Å². The van der Waals surface area contributed by atoms with Gasteiger partial charge in [0.1, 0.15) is 37.1 Å². The molecule has 0 aromatic carbocycles. The van der Waals surface area contributed by atoms with Gasteiger partial charge in [-0.1, -0.05) is 168 Å². The van der Waals surface area contributed by atoms with Crippen molar-refractivity contribution < 1.29 is 53.8 Å². The van der Waals surface area contributed by atoms with E-state index in [9.17, 15) is 34.8 Å². The van der Waals surface area contributed by atoms with Crippen molar-refractivity contribution in [2.45, 2.75) is 236 Å². The van der Waals surface area contributed by atoms with Gasteiger partial charge in [-0.2, -0.15) is 11.8 Å². The molecule has 0 saturated carbocycles. The zero-order valence-electron chi connectivity index (χ0n) is 37.7. The minimum atomic E-state index is -1.56. The van der Waals surface area contributed by atoms with Crippen LogP contribution < -0.4 is 11.1 Å². The topological polar surface area (TPSA) is 207 Å². The maximum atomic E-state index is 12.8. The summed E-state index contributed by atoms with van der Waals surface area (Å²) in [5.41, 5.74) is 6.13. The lowest BCUT2D eigenvalue weighted by atomic mass is 9.99. The molecular formula is C46H88N2O11S. The second-order valence-corrected chi connectivity index (χ2v) is 17.9. The molecule has 1 aliphatic heterocycles. The third-order valence-electron chi connectivity index (χ3n) is 11.2. The monoisotopic (exact) mass is 877 g/mol. The van der Waals surface area contributed by atoms with Crippen LogP contribution in [-0.2, 0) is 33.3 Å². The van der Waals surface area contributed by atoms with Gasteiger partial charge in [-0.05, 0) is 12.8 Å². The first-order valence-electron chi connectivity index (χ1n) is 24.0. The summed E-state index contributed by atoms with van der Waals surface area (Å²) in [6, 6.07) is -0.887. The average molecular weight is 877 g/mol. The van der Waals surface area contributed by atoms with Crippen LogP contribution in [0.4, 0.5) is 0 Å². The van der Waals surface area contributed by atoms with E-state index in [1.807, 2.05) is 0 Å². The van der Waals surface area contributed by atoms with E-state index in [0.29, 0.717) is 18.6 Å². The number of esters is 2. The van der Waals surface area contributed by atoms with Crippen LogP contribution in [0.25, 0.3) is 0 Å². The molecule has 1 amide bonds. The summed E-state index contributed by atoms with van der Waals surface area (Å²) in [4.78, 5) is 38.1. The molecule has 0 aromatic rings. The Morgan fingerprint density at radius 3 is 1.55 bits per heavy atom. The lowest BCUT2D eigenvalue weighted by Gasteiger charge is -2.39. The predicted molar refractivity (Wildman–Crippen MR) is 239 cm³/mol.